The van der Waals surface area contributed by atoms with Gasteiger partial charge in [-0.15, -0.1) is 0 Å². The Labute approximate surface area is 69.7 Å². The van der Waals surface area contributed by atoms with Gasteiger partial charge in [-0.25, -0.2) is 0 Å². The van der Waals surface area contributed by atoms with Gasteiger partial charge in [0.15, 0.2) is 0 Å². The van der Waals surface area contributed by atoms with Crippen molar-refractivity contribution in [3.05, 3.63) is 34.0 Å². The maximum absolute atomic E-state index is 10.4. The Hall–Kier alpha value is -1.43. The summed E-state index contributed by atoms with van der Waals surface area (Å²) in [5.74, 6) is 0. The summed E-state index contributed by atoms with van der Waals surface area (Å²) in [7, 11) is -2.35. The third-order valence-corrected chi connectivity index (χ3v) is 2.05. The zero-order valence-electron chi connectivity index (χ0n) is 5.93. The van der Waals surface area contributed by atoms with Gasteiger partial charge in [0, 0.05) is 18.6 Å². The van der Waals surface area contributed by atoms with E-state index in [4.69, 9.17) is 0 Å². The standard InChI is InChI=1S/C6H5NO4S/c8-7(9)5-2-1-3-6(4-5)12(10)11/h1-2,4H,3H2. The smallest absolute Gasteiger partial charge is 0.258 e. The third-order valence-electron chi connectivity index (χ3n) is 1.34. The normalized spacial score (nSPS) is 15.7. The molecule has 0 aliphatic heterocycles. The minimum atomic E-state index is -2.35. The first-order valence-corrected chi connectivity index (χ1v) is 4.16. The van der Waals surface area contributed by atoms with Crippen molar-refractivity contribution in [3.63, 3.8) is 0 Å². The second kappa shape index (κ2) is 3.31. The Morgan fingerprint density at radius 2 is 2.17 bits per heavy atom. The second-order valence-electron chi connectivity index (χ2n) is 2.13. The van der Waals surface area contributed by atoms with Gasteiger partial charge in [-0.1, -0.05) is 6.08 Å². The van der Waals surface area contributed by atoms with Gasteiger partial charge < -0.3 is 0 Å². The molecule has 12 heavy (non-hydrogen) atoms. The van der Waals surface area contributed by atoms with Crippen molar-refractivity contribution in [2.75, 3.05) is 0 Å². The average molecular weight is 187 g/mol. The van der Waals surface area contributed by atoms with Crippen LogP contribution in [0.25, 0.3) is 0 Å². The van der Waals surface area contributed by atoms with Crippen LogP contribution >= 0.6 is 0 Å². The summed E-state index contributed by atoms with van der Waals surface area (Å²) in [6.45, 7) is 0. The van der Waals surface area contributed by atoms with E-state index in [0.29, 0.717) is 0 Å². The molecular formula is C6H5NO4S. The van der Waals surface area contributed by atoms with Gasteiger partial charge in [0.2, 0.25) is 10.3 Å². The van der Waals surface area contributed by atoms with Crippen LogP contribution in [0.15, 0.2) is 23.9 Å². The SMILES string of the molecule is O=[N+]([O-])C1=CC(=S(=O)=O)CC=C1. The highest BCUT2D eigenvalue weighted by Gasteiger charge is 2.12. The van der Waals surface area contributed by atoms with Crippen molar-refractivity contribution in [2.24, 2.45) is 0 Å². The quantitative estimate of drug-likeness (QED) is 0.333. The molecule has 0 spiro atoms. The predicted molar refractivity (Wildman–Crippen MR) is 42.8 cm³/mol. The summed E-state index contributed by atoms with van der Waals surface area (Å²) >= 11 is 0. The maximum Gasteiger partial charge on any atom is 0.270 e. The van der Waals surface area contributed by atoms with Gasteiger partial charge in [0.1, 0.15) is 0 Å². The minimum absolute atomic E-state index is 0.0456. The van der Waals surface area contributed by atoms with Gasteiger partial charge in [-0.05, 0) is 0 Å². The topological polar surface area (TPSA) is 77.3 Å². The maximum atomic E-state index is 10.4. The van der Waals surface area contributed by atoms with E-state index in [-0.39, 0.29) is 17.0 Å². The van der Waals surface area contributed by atoms with E-state index in [9.17, 15) is 18.5 Å². The molecule has 0 fully saturated rings. The Morgan fingerprint density at radius 1 is 1.50 bits per heavy atom. The summed E-state index contributed by atoms with van der Waals surface area (Å²) < 4.78 is 20.8. The van der Waals surface area contributed by atoms with E-state index in [1.807, 2.05) is 0 Å². The molecular weight excluding hydrogens is 182 g/mol. The summed E-state index contributed by atoms with van der Waals surface area (Å²) in [5, 5.41) is 10.2. The van der Waals surface area contributed by atoms with Crippen molar-refractivity contribution in [1.82, 2.24) is 0 Å². The van der Waals surface area contributed by atoms with Gasteiger partial charge in [0.05, 0.1) is 9.79 Å². The van der Waals surface area contributed by atoms with Crippen molar-refractivity contribution in [1.29, 1.82) is 0 Å². The summed E-state index contributed by atoms with van der Waals surface area (Å²) in [4.78, 5) is 9.62. The lowest BCUT2D eigenvalue weighted by molar-refractivity contribution is -0.418. The molecule has 0 atom stereocenters. The Morgan fingerprint density at radius 3 is 2.67 bits per heavy atom. The van der Waals surface area contributed by atoms with Crippen LogP contribution in [0, 0.1) is 10.1 Å². The largest absolute Gasteiger partial charge is 0.270 e. The van der Waals surface area contributed by atoms with Gasteiger partial charge in [-0.3, -0.25) is 10.1 Å². The highest BCUT2D eigenvalue weighted by atomic mass is 32.2. The number of rotatable bonds is 1. The molecule has 0 heterocycles. The highest BCUT2D eigenvalue weighted by Crippen LogP contribution is 2.07. The lowest BCUT2D eigenvalue weighted by Crippen LogP contribution is -2.05. The van der Waals surface area contributed by atoms with Crippen LogP contribution in [0.4, 0.5) is 0 Å². The van der Waals surface area contributed by atoms with E-state index < -0.39 is 15.2 Å². The van der Waals surface area contributed by atoms with Crippen molar-refractivity contribution < 1.29 is 13.3 Å². The summed E-state index contributed by atoms with van der Waals surface area (Å²) in [5.41, 5.74) is -0.194. The molecule has 0 aromatic carbocycles. The van der Waals surface area contributed by atoms with Crippen LogP contribution in [0.2, 0.25) is 0 Å². The molecule has 0 bridgehead atoms. The second-order valence-corrected chi connectivity index (χ2v) is 3.13. The van der Waals surface area contributed by atoms with Gasteiger partial charge >= 0.3 is 0 Å². The lowest BCUT2D eigenvalue weighted by atomic mass is 10.1. The Bertz CT molecular complexity index is 393. The monoisotopic (exact) mass is 187 g/mol. The van der Waals surface area contributed by atoms with Crippen LogP contribution in [0.5, 0.6) is 0 Å². The van der Waals surface area contributed by atoms with Gasteiger partial charge in [0.25, 0.3) is 5.70 Å². The molecule has 6 heteroatoms. The Balaban J connectivity index is 3.16. The zero-order valence-corrected chi connectivity index (χ0v) is 6.74. The molecule has 64 valence electrons. The lowest BCUT2D eigenvalue weighted by Gasteiger charge is -1.97. The number of allylic oxidation sites excluding steroid dienone is 3. The molecule has 0 radical (unpaired) electrons. The molecule has 0 N–H and O–H groups in total. The summed E-state index contributed by atoms with van der Waals surface area (Å²) in [6.07, 6.45) is 4.02. The van der Waals surface area contributed by atoms with E-state index in [2.05, 4.69) is 0 Å². The van der Waals surface area contributed by atoms with E-state index in [0.717, 1.165) is 6.08 Å². The number of hydrogen-bond acceptors (Lipinski definition) is 4. The van der Waals surface area contributed by atoms with Crippen molar-refractivity contribution in [3.8, 4) is 0 Å². The van der Waals surface area contributed by atoms with Crippen molar-refractivity contribution in [2.45, 2.75) is 6.42 Å². The van der Waals surface area contributed by atoms with Crippen LogP contribution in [-0.4, -0.2) is 18.2 Å². The Kier molecular flexibility index (Phi) is 2.39. The first-order chi connectivity index (χ1) is 5.61. The third kappa shape index (κ3) is 1.79. The molecule has 0 saturated heterocycles. The van der Waals surface area contributed by atoms with Crippen LogP contribution < -0.4 is 0 Å². The minimum Gasteiger partial charge on any atom is -0.258 e. The van der Waals surface area contributed by atoms with Crippen LogP contribution in [0.3, 0.4) is 0 Å². The van der Waals surface area contributed by atoms with E-state index in [1.54, 1.807) is 0 Å². The molecule has 0 aromatic rings. The molecule has 0 saturated carbocycles. The summed E-state index contributed by atoms with van der Waals surface area (Å²) in [6, 6.07) is 0. The molecule has 1 aliphatic carbocycles. The molecule has 0 aromatic heterocycles. The molecule has 1 rings (SSSR count). The molecule has 0 unspecified atom stereocenters. The first-order valence-electron chi connectivity index (χ1n) is 3.09. The molecule has 1 aliphatic rings. The predicted octanol–water partition coefficient (Wildman–Crippen LogP) is 0.158. The fourth-order valence-corrected chi connectivity index (χ4v) is 1.25. The van der Waals surface area contributed by atoms with Crippen LogP contribution in [0.1, 0.15) is 6.42 Å². The highest BCUT2D eigenvalue weighted by molar-refractivity contribution is 7.73. The average Bonchev–Trinajstić information content (AvgIpc) is 2.04. The molecule has 5 nitrogen and oxygen atoms in total. The first kappa shape index (κ1) is 8.66. The van der Waals surface area contributed by atoms with Crippen LogP contribution in [-0.2, 0) is 10.3 Å². The van der Waals surface area contributed by atoms with E-state index in [1.165, 1.54) is 12.2 Å². The zero-order chi connectivity index (χ0) is 9.14. The number of hydrogen-bond donors (Lipinski definition) is 0. The fraction of sp³-hybridized carbons (Fsp3) is 0.167. The van der Waals surface area contributed by atoms with Crippen molar-refractivity contribution >= 4 is 15.2 Å². The van der Waals surface area contributed by atoms with E-state index >= 15 is 0 Å². The van der Waals surface area contributed by atoms with Gasteiger partial charge in [-0.2, -0.15) is 8.42 Å². The molecule has 0 amide bonds. The number of nitrogens with zero attached hydrogens (tertiary/aromatic N) is 1. The number of nitro groups is 1. The fourth-order valence-electron chi connectivity index (χ4n) is 0.798.